The highest BCUT2D eigenvalue weighted by atomic mass is 79.9. The molecule has 2 heterocycles. The lowest BCUT2D eigenvalue weighted by Gasteiger charge is -2.14. The van der Waals surface area contributed by atoms with Crippen LogP contribution in [-0.2, 0) is 6.42 Å². The van der Waals surface area contributed by atoms with E-state index in [1.54, 1.807) is 6.33 Å². The van der Waals surface area contributed by atoms with Crippen LogP contribution < -0.4 is 5.32 Å². The van der Waals surface area contributed by atoms with E-state index in [9.17, 15) is 0 Å². The average Bonchev–Trinajstić information content (AvgIpc) is 2.69. The Morgan fingerprint density at radius 1 is 1.25 bits per heavy atom. The summed E-state index contributed by atoms with van der Waals surface area (Å²) in [6.07, 6.45) is 3.56. The van der Waals surface area contributed by atoms with E-state index < -0.39 is 0 Å². The molecule has 0 bridgehead atoms. The normalized spacial score (nSPS) is 10.8. The van der Waals surface area contributed by atoms with Gasteiger partial charge in [-0.2, -0.15) is 5.10 Å². The molecule has 2 rings (SSSR count). The average molecular weight is 338 g/mol. The minimum Gasteiger partial charge on any atom is -0.370 e. The van der Waals surface area contributed by atoms with Gasteiger partial charge in [-0.05, 0) is 43.1 Å². The molecule has 0 radical (unpaired) electrons. The minimum absolute atomic E-state index is 0.841. The smallest absolute Gasteiger partial charge is 0.162 e. The van der Waals surface area contributed by atoms with E-state index >= 15 is 0 Å². The number of hydrogen-bond donors (Lipinski definition) is 1. The van der Waals surface area contributed by atoms with Crippen LogP contribution in [0.2, 0.25) is 0 Å². The van der Waals surface area contributed by atoms with Gasteiger partial charge >= 0.3 is 0 Å². The second-order valence-electron chi connectivity index (χ2n) is 4.70. The zero-order valence-electron chi connectivity index (χ0n) is 12.4. The second kappa shape index (κ2) is 6.35. The zero-order valence-corrected chi connectivity index (χ0v) is 14.0. The number of aryl methyl sites for hydroxylation is 1. The molecule has 0 aliphatic heterocycles. The van der Waals surface area contributed by atoms with Crippen LogP contribution in [0.1, 0.15) is 37.2 Å². The molecule has 2 aromatic rings. The highest BCUT2D eigenvalue weighted by molar-refractivity contribution is 9.10. The van der Waals surface area contributed by atoms with Gasteiger partial charge in [0.25, 0.3) is 0 Å². The number of anilines is 1. The molecular weight excluding hydrogens is 318 g/mol. The van der Waals surface area contributed by atoms with Crippen LogP contribution in [0.5, 0.6) is 0 Å². The van der Waals surface area contributed by atoms with Crippen molar-refractivity contribution in [3.63, 3.8) is 0 Å². The van der Waals surface area contributed by atoms with Crippen molar-refractivity contribution >= 4 is 21.7 Å². The molecule has 6 heteroatoms. The zero-order chi connectivity index (χ0) is 14.7. The molecule has 0 aliphatic carbocycles. The van der Waals surface area contributed by atoms with Crippen LogP contribution in [-0.4, -0.2) is 26.3 Å². The first-order valence-corrected chi connectivity index (χ1v) is 7.69. The molecule has 0 unspecified atom stereocenters. The maximum absolute atomic E-state index is 4.58. The molecule has 1 N–H and O–H groups in total. The summed E-state index contributed by atoms with van der Waals surface area (Å²) >= 11 is 3.57. The van der Waals surface area contributed by atoms with Gasteiger partial charge in [0.2, 0.25) is 0 Å². The number of aromatic nitrogens is 4. The van der Waals surface area contributed by atoms with Crippen molar-refractivity contribution in [3.05, 3.63) is 27.8 Å². The van der Waals surface area contributed by atoms with Crippen LogP contribution in [0, 0.1) is 13.8 Å². The fourth-order valence-corrected chi connectivity index (χ4v) is 2.46. The van der Waals surface area contributed by atoms with Crippen LogP contribution >= 0.6 is 15.9 Å². The van der Waals surface area contributed by atoms with Crippen molar-refractivity contribution in [3.8, 4) is 5.82 Å². The molecule has 0 atom stereocenters. The highest BCUT2D eigenvalue weighted by Gasteiger charge is 2.17. The monoisotopic (exact) mass is 337 g/mol. The number of hydrogen-bond acceptors (Lipinski definition) is 4. The van der Waals surface area contributed by atoms with Crippen molar-refractivity contribution in [2.45, 2.75) is 40.5 Å². The summed E-state index contributed by atoms with van der Waals surface area (Å²) in [6.45, 7) is 9.09. The predicted molar refractivity (Wildman–Crippen MR) is 84.5 cm³/mol. The number of rotatable bonds is 5. The second-order valence-corrected chi connectivity index (χ2v) is 5.49. The van der Waals surface area contributed by atoms with Gasteiger partial charge in [-0.15, -0.1) is 0 Å². The van der Waals surface area contributed by atoms with Gasteiger partial charge in [0.05, 0.1) is 15.9 Å². The summed E-state index contributed by atoms with van der Waals surface area (Å²) < 4.78 is 2.93. The van der Waals surface area contributed by atoms with Crippen molar-refractivity contribution < 1.29 is 0 Å². The Morgan fingerprint density at radius 3 is 2.55 bits per heavy atom. The summed E-state index contributed by atoms with van der Waals surface area (Å²) in [5.74, 6) is 1.77. The largest absolute Gasteiger partial charge is 0.370 e. The van der Waals surface area contributed by atoms with Crippen molar-refractivity contribution in [1.82, 2.24) is 19.7 Å². The van der Waals surface area contributed by atoms with Crippen LogP contribution in [0.25, 0.3) is 5.82 Å². The van der Waals surface area contributed by atoms with Crippen molar-refractivity contribution in [2.75, 3.05) is 11.9 Å². The lowest BCUT2D eigenvalue weighted by atomic mass is 10.1. The summed E-state index contributed by atoms with van der Waals surface area (Å²) in [7, 11) is 0. The first-order chi connectivity index (χ1) is 9.60. The van der Waals surface area contributed by atoms with E-state index in [-0.39, 0.29) is 0 Å². The summed E-state index contributed by atoms with van der Waals surface area (Å²) in [6, 6.07) is 0. The first kappa shape index (κ1) is 15.0. The molecular formula is C14H20BrN5. The van der Waals surface area contributed by atoms with E-state index in [2.05, 4.69) is 50.2 Å². The third-order valence-corrected chi connectivity index (χ3v) is 4.32. The number of halogens is 1. The van der Waals surface area contributed by atoms with E-state index in [1.807, 2.05) is 18.5 Å². The Kier molecular flexibility index (Phi) is 4.75. The minimum atomic E-state index is 0.841. The molecule has 2 aromatic heterocycles. The van der Waals surface area contributed by atoms with E-state index in [1.165, 1.54) is 0 Å². The van der Waals surface area contributed by atoms with Crippen molar-refractivity contribution in [2.24, 2.45) is 0 Å². The standard InChI is InChI=1S/C14H20BrN5/c1-5-7-11-13(16-6-2)17-8-18-14(11)20-10(4)12(15)9(3)19-20/h8H,5-7H2,1-4H3,(H,16,17,18). The van der Waals surface area contributed by atoms with Crippen LogP contribution in [0.3, 0.4) is 0 Å². The van der Waals surface area contributed by atoms with Crippen LogP contribution in [0.15, 0.2) is 10.8 Å². The third-order valence-electron chi connectivity index (χ3n) is 3.17. The molecule has 0 amide bonds. The first-order valence-electron chi connectivity index (χ1n) is 6.89. The fraction of sp³-hybridized carbons (Fsp3) is 0.500. The lowest BCUT2D eigenvalue weighted by molar-refractivity contribution is 0.772. The van der Waals surface area contributed by atoms with Gasteiger partial charge in [0.15, 0.2) is 5.82 Å². The fourth-order valence-electron chi connectivity index (χ4n) is 2.22. The Balaban J connectivity index is 2.60. The maximum Gasteiger partial charge on any atom is 0.162 e. The predicted octanol–water partition coefficient (Wildman–Crippen LogP) is 3.43. The molecule has 5 nitrogen and oxygen atoms in total. The van der Waals surface area contributed by atoms with E-state index in [0.29, 0.717) is 0 Å². The van der Waals surface area contributed by atoms with Gasteiger partial charge < -0.3 is 5.32 Å². The quantitative estimate of drug-likeness (QED) is 0.908. The number of nitrogens with one attached hydrogen (secondary N) is 1. The Bertz CT molecular complexity index is 606. The molecule has 0 spiro atoms. The SMILES string of the molecule is CCCc1c(NCC)ncnc1-n1nc(C)c(Br)c1C. The molecule has 0 saturated carbocycles. The van der Waals surface area contributed by atoms with Crippen LogP contribution in [0.4, 0.5) is 5.82 Å². The van der Waals surface area contributed by atoms with E-state index in [0.717, 1.165) is 52.4 Å². The third kappa shape index (κ3) is 2.70. The van der Waals surface area contributed by atoms with E-state index in [4.69, 9.17) is 0 Å². The van der Waals surface area contributed by atoms with Crippen molar-refractivity contribution in [1.29, 1.82) is 0 Å². The summed E-state index contributed by atoms with van der Waals surface area (Å²) in [5.41, 5.74) is 3.14. The maximum atomic E-state index is 4.58. The topological polar surface area (TPSA) is 55.6 Å². The van der Waals surface area contributed by atoms with Gasteiger partial charge in [-0.25, -0.2) is 14.6 Å². The van der Waals surface area contributed by atoms with Gasteiger partial charge in [-0.1, -0.05) is 13.3 Å². The highest BCUT2D eigenvalue weighted by Crippen LogP contribution is 2.26. The molecule has 108 valence electrons. The molecule has 0 aromatic carbocycles. The molecule has 20 heavy (non-hydrogen) atoms. The Labute approximate surface area is 128 Å². The summed E-state index contributed by atoms with van der Waals surface area (Å²) in [5, 5.41) is 7.88. The summed E-state index contributed by atoms with van der Waals surface area (Å²) in [4.78, 5) is 8.81. The lowest BCUT2D eigenvalue weighted by Crippen LogP contribution is -2.11. The molecule has 0 fully saturated rings. The molecule has 0 aliphatic rings. The molecule has 0 saturated heterocycles. The Morgan fingerprint density at radius 2 is 2.00 bits per heavy atom. The van der Waals surface area contributed by atoms with Gasteiger partial charge in [-0.3, -0.25) is 0 Å². The van der Waals surface area contributed by atoms with Gasteiger partial charge in [0.1, 0.15) is 12.1 Å². The van der Waals surface area contributed by atoms with Gasteiger partial charge in [0, 0.05) is 12.1 Å². The Hall–Kier alpha value is -1.43. The number of nitrogens with zero attached hydrogens (tertiary/aromatic N) is 4.